The van der Waals surface area contributed by atoms with Crippen LogP contribution in [0, 0.1) is 0 Å². The third-order valence-electron chi connectivity index (χ3n) is 3.31. The molecule has 1 aromatic heterocycles. The molecule has 18 heavy (non-hydrogen) atoms. The third-order valence-corrected chi connectivity index (χ3v) is 3.31. The lowest BCUT2D eigenvalue weighted by Crippen LogP contribution is -2.44. The Morgan fingerprint density at radius 1 is 1.17 bits per heavy atom. The number of anilines is 2. The average Bonchev–Trinajstić information content (AvgIpc) is 2.47. The summed E-state index contributed by atoms with van der Waals surface area (Å²) < 4.78 is 0. The molecule has 0 unspecified atom stereocenters. The molecule has 1 aromatic carbocycles. The van der Waals surface area contributed by atoms with Crippen LogP contribution in [0.2, 0.25) is 0 Å². The first-order chi connectivity index (χ1) is 8.90. The Bertz CT molecular complexity index is 552. The molecule has 0 atom stereocenters. The van der Waals surface area contributed by atoms with E-state index in [9.17, 15) is 0 Å². The van der Waals surface area contributed by atoms with Gasteiger partial charge in [0.15, 0.2) is 0 Å². The summed E-state index contributed by atoms with van der Waals surface area (Å²) in [5, 5.41) is 14.5. The third kappa shape index (κ3) is 1.87. The van der Waals surface area contributed by atoms with Crippen LogP contribution in [-0.2, 0) is 0 Å². The molecular weight excluding hydrogens is 228 g/mol. The van der Waals surface area contributed by atoms with E-state index >= 15 is 0 Å². The molecule has 0 aliphatic carbocycles. The predicted molar refractivity (Wildman–Crippen MR) is 72.2 cm³/mol. The van der Waals surface area contributed by atoms with Gasteiger partial charge >= 0.3 is 0 Å². The van der Waals surface area contributed by atoms with Crippen LogP contribution >= 0.6 is 0 Å². The molecule has 0 saturated carbocycles. The fourth-order valence-corrected chi connectivity index (χ4v) is 2.40. The summed E-state index contributed by atoms with van der Waals surface area (Å²) in [5.41, 5.74) is 2.85. The van der Waals surface area contributed by atoms with Gasteiger partial charge in [-0.1, -0.05) is 24.3 Å². The number of hydrogen-bond acceptors (Lipinski definition) is 5. The van der Waals surface area contributed by atoms with Gasteiger partial charge < -0.3 is 10.2 Å². The monoisotopic (exact) mass is 244 g/mol. The first-order valence-corrected chi connectivity index (χ1v) is 6.13. The van der Waals surface area contributed by atoms with E-state index in [1.165, 1.54) is 0 Å². The second kappa shape index (κ2) is 4.80. The van der Waals surface area contributed by atoms with Crippen LogP contribution < -0.4 is 15.7 Å². The van der Waals surface area contributed by atoms with E-state index in [1.807, 2.05) is 24.3 Å². The Morgan fingerprint density at radius 2 is 1.89 bits per heavy atom. The highest BCUT2D eigenvalue weighted by Gasteiger charge is 2.15. The maximum atomic E-state index is 9.12. The van der Waals surface area contributed by atoms with Crippen molar-refractivity contribution in [3.05, 3.63) is 30.5 Å². The Labute approximate surface area is 105 Å². The van der Waals surface area contributed by atoms with E-state index in [4.69, 9.17) is 5.21 Å². The van der Waals surface area contributed by atoms with Crippen molar-refractivity contribution >= 4 is 22.3 Å². The summed E-state index contributed by atoms with van der Waals surface area (Å²) in [6.45, 7) is 3.89. The molecule has 0 bridgehead atoms. The van der Waals surface area contributed by atoms with Gasteiger partial charge in [-0.15, -0.1) is 0 Å². The first-order valence-electron chi connectivity index (χ1n) is 6.13. The van der Waals surface area contributed by atoms with Crippen molar-refractivity contribution in [1.29, 1.82) is 0 Å². The molecule has 1 aliphatic rings. The van der Waals surface area contributed by atoms with Crippen molar-refractivity contribution in [1.82, 2.24) is 10.3 Å². The summed E-state index contributed by atoms with van der Waals surface area (Å²) >= 11 is 0. The maximum Gasteiger partial charge on any atom is 0.136 e. The molecule has 0 amide bonds. The largest absolute Gasteiger partial charge is 0.354 e. The van der Waals surface area contributed by atoms with Crippen molar-refractivity contribution < 1.29 is 5.21 Å². The highest BCUT2D eigenvalue weighted by atomic mass is 16.5. The van der Waals surface area contributed by atoms with Gasteiger partial charge in [-0.05, 0) is 0 Å². The quantitative estimate of drug-likeness (QED) is 0.698. The van der Waals surface area contributed by atoms with E-state index in [1.54, 1.807) is 6.20 Å². The van der Waals surface area contributed by atoms with Crippen LogP contribution in [-0.4, -0.2) is 36.4 Å². The number of nitrogens with one attached hydrogen (secondary N) is 2. The van der Waals surface area contributed by atoms with Crippen molar-refractivity contribution in [2.75, 3.05) is 36.6 Å². The Kier molecular flexibility index (Phi) is 3.00. The number of pyridine rings is 1. The van der Waals surface area contributed by atoms with E-state index in [-0.39, 0.29) is 0 Å². The highest BCUT2D eigenvalue weighted by molar-refractivity contribution is 5.99. The molecule has 0 radical (unpaired) electrons. The molecule has 0 spiro atoms. The van der Waals surface area contributed by atoms with E-state index in [0.717, 1.165) is 42.8 Å². The minimum absolute atomic E-state index is 0.643. The smallest absolute Gasteiger partial charge is 0.136 e. The van der Waals surface area contributed by atoms with Crippen LogP contribution in [0.4, 0.5) is 11.5 Å². The Morgan fingerprint density at radius 3 is 2.61 bits per heavy atom. The summed E-state index contributed by atoms with van der Waals surface area (Å²) in [5.74, 6) is 0.992. The number of hydrogen-bond donors (Lipinski definition) is 3. The fraction of sp³-hybridized carbons (Fsp3) is 0.308. The normalized spacial score (nSPS) is 15.9. The summed E-state index contributed by atoms with van der Waals surface area (Å²) in [6.07, 6.45) is 1.68. The number of nitrogens with zero attached hydrogens (tertiary/aromatic N) is 2. The van der Waals surface area contributed by atoms with Crippen molar-refractivity contribution in [3.63, 3.8) is 0 Å². The zero-order valence-electron chi connectivity index (χ0n) is 10.1. The van der Waals surface area contributed by atoms with Gasteiger partial charge in [0.25, 0.3) is 0 Å². The molecular formula is C13H16N4O. The summed E-state index contributed by atoms with van der Waals surface area (Å²) in [7, 11) is 0. The highest BCUT2D eigenvalue weighted by Crippen LogP contribution is 2.29. The molecule has 5 nitrogen and oxygen atoms in total. The molecule has 3 rings (SSSR count). The van der Waals surface area contributed by atoms with Gasteiger partial charge in [0.1, 0.15) is 5.82 Å². The van der Waals surface area contributed by atoms with Gasteiger partial charge in [-0.2, -0.15) is 0 Å². The number of fused-ring (bicyclic) bond motifs is 1. The van der Waals surface area contributed by atoms with Crippen LogP contribution in [0.1, 0.15) is 0 Å². The zero-order chi connectivity index (χ0) is 12.4. The van der Waals surface area contributed by atoms with Crippen molar-refractivity contribution in [3.8, 4) is 0 Å². The van der Waals surface area contributed by atoms with Gasteiger partial charge in [-0.25, -0.2) is 4.98 Å². The lowest BCUT2D eigenvalue weighted by molar-refractivity contribution is 0.389. The SMILES string of the molecule is ONc1cnc(N2CCNCC2)c2ccccc12. The lowest BCUT2D eigenvalue weighted by atomic mass is 10.1. The standard InChI is InChI=1S/C13H16N4O/c18-16-12-9-15-13(17-7-5-14-6-8-17)11-4-2-1-3-10(11)12/h1-4,9,14,16,18H,5-8H2. The molecule has 2 aromatic rings. The van der Waals surface area contributed by atoms with E-state index < -0.39 is 0 Å². The van der Waals surface area contributed by atoms with Crippen molar-refractivity contribution in [2.24, 2.45) is 0 Å². The summed E-state index contributed by atoms with van der Waals surface area (Å²) in [4.78, 5) is 6.75. The molecule has 1 saturated heterocycles. The van der Waals surface area contributed by atoms with Gasteiger partial charge in [0.2, 0.25) is 0 Å². The molecule has 2 heterocycles. The predicted octanol–water partition coefficient (Wildman–Crippen LogP) is 1.45. The molecule has 1 fully saturated rings. The second-order valence-corrected chi connectivity index (χ2v) is 4.39. The van der Waals surface area contributed by atoms with E-state index in [2.05, 4.69) is 20.7 Å². The number of aromatic nitrogens is 1. The number of piperazine rings is 1. The van der Waals surface area contributed by atoms with Gasteiger partial charge in [-0.3, -0.25) is 10.7 Å². The number of benzene rings is 1. The average molecular weight is 244 g/mol. The summed E-state index contributed by atoms with van der Waals surface area (Å²) in [6, 6.07) is 7.99. The van der Waals surface area contributed by atoms with Crippen LogP contribution in [0.15, 0.2) is 30.5 Å². The molecule has 1 aliphatic heterocycles. The minimum Gasteiger partial charge on any atom is -0.354 e. The lowest BCUT2D eigenvalue weighted by Gasteiger charge is -2.29. The first kappa shape index (κ1) is 11.3. The van der Waals surface area contributed by atoms with Gasteiger partial charge in [0.05, 0.1) is 11.9 Å². The Hall–Kier alpha value is -1.85. The Balaban J connectivity index is 2.12. The van der Waals surface area contributed by atoms with Crippen LogP contribution in [0.5, 0.6) is 0 Å². The van der Waals surface area contributed by atoms with Crippen LogP contribution in [0.3, 0.4) is 0 Å². The van der Waals surface area contributed by atoms with Crippen molar-refractivity contribution in [2.45, 2.75) is 0 Å². The topological polar surface area (TPSA) is 60.4 Å². The fourth-order valence-electron chi connectivity index (χ4n) is 2.40. The molecule has 5 heteroatoms. The minimum atomic E-state index is 0.643. The molecule has 94 valence electrons. The van der Waals surface area contributed by atoms with Crippen LogP contribution in [0.25, 0.3) is 10.8 Å². The maximum absolute atomic E-state index is 9.12. The second-order valence-electron chi connectivity index (χ2n) is 4.39. The number of rotatable bonds is 2. The van der Waals surface area contributed by atoms with E-state index in [0.29, 0.717) is 5.69 Å². The molecule has 3 N–H and O–H groups in total. The zero-order valence-corrected chi connectivity index (χ0v) is 10.1. The van der Waals surface area contributed by atoms with Gasteiger partial charge in [0, 0.05) is 37.0 Å².